The van der Waals surface area contributed by atoms with Gasteiger partial charge < -0.3 is 14.1 Å². The number of halogens is 1. The van der Waals surface area contributed by atoms with Gasteiger partial charge in [0.15, 0.2) is 0 Å². The standard InChI is InChI=1S/C17H12BrN3O3/c1-8-5-13-15(17(22)21-8)14(10(7-19)16(20)24-13)9-3-4-12(23-2)11(18)6-9/h3-6,20H,1-2H3,(H,21,22). The number of aryl methyl sites for hydroxylation is 1. The van der Waals surface area contributed by atoms with Crippen LogP contribution < -0.4 is 15.9 Å². The zero-order valence-corrected chi connectivity index (χ0v) is 14.4. The van der Waals surface area contributed by atoms with Crippen LogP contribution in [0.4, 0.5) is 0 Å². The first kappa shape index (κ1) is 16.0. The van der Waals surface area contributed by atoms with Crippen molar-refractivity contribution in [3.63, 3.8) is 0 Å². The van der Waals surface area contributed by atoms with E-state index in [0.717, 1.165) is 0 Å². The highest BCUT2D eigenvalue weighted by Crippen LogP contribution is 2.34. The van der Waals surface area contributed by atoms with E-state index in [4.69, 9.17) is 14.6 Å². The van der Waals surface area contributed by atoms with Gasteiger partial charge in [0.1, 0.15) is 23.0 Å². The molecule has 2 aromatic heterocycles. The van der Waals surface area contributed by atoms with Gasteiger partial charge in [-0.15, -0.1) is 0 Å². The highest BCUT2D eigenvalue weighted by atomic mass is 79.9. The number of ether oxygens (including phenoxy) is 1. The monoisotopic (exact) mass is 385 g/mol. The Bertz CT molecular complexity index is 1120. The predicted molar refractivity (Wildman–Crippen MR) is 91.8 cm³/mol. The second-order valence-corrected chi connectivity index (χ2v) is 6.02. The van der Waals surface area contributed by atoms with Crippen molar-refractivity contribution in [1.82, 2.24) is 4.98 Å². The molecule has 3 aromatic rings. The number of benzene rings is 1. The Morgan fingerprint density at radius 2 is 2.12 bits per heavy atom. The van der Waals surface area contributed by atoms with E-state index in [2.05, 4.69) is 20.9 Å². The summed E-state index contributed by atoms with van der Waals surface area (Å²) in [6.07, 6.45) is 0. The van der Waals surface area contributed by atoms with E-state index >= 15 is 0 Å². The van der Waals surface area contributed by atoms with Gasteiger partial charge >= 0.3 is 0 Å². The van der Waals surface area contributed by atoms with Gasteiger partial charge in [-0.25, -0.2) is 0 Å². The van der Waals surface area contributed by atoms with Gasteiger partial charge in [-0.2, -0.15) is 5.26 Å². The van der Waals surface area contributed by atoms with Gasteiger partial charge in [-0.05, 0) is 40.5 Å². The van der Waals surface area contributed by atoms with E-state index in [0.29, 0.717) is 27.0 Å². The van der Waals surface area contributed by atoms with Gasteiger partial charge in [-0.3, -0.25) is 10.2 Å². The number of nitriles is 1. The molecule has 0 unspecified atom stereocenters. The van der Waals surface area contributed by atoms with Crippen molar-refractivity contribution in [3.05, 3.63) is 55.9 Å². The quantitative estimate of drug-likeness (QED) is 0.706. The van der Waals surface area contributed by atoms with E-state index in [-0.39, 0.29) is 27.6 Å². The zero-order valence-electron chi connectivity index (χ0n) is 12.9. The number of pyridine rings is 1. The third-order valence-corrected chi connectivity index (χ3v) is 4.24. The number of methoxy groups -OCH3 is 1. The molecule has 0 saturated heterocycles. The first-order valence-corrected chi connectivity index (χ1v) is 7.75. The maximum atomic E-state index is 12.5. The van der Waals surface area contributed by atoms with E-state index in [1.54, 1.807) is 38.3 Å². The molecule has 0 saturated carbocycles. The molecular weight excluding hydrogens is 374 g/mol. The number of aromatic nitrogens is 1. The summed E-state index contributed by atoms with van der Waals surface area (Å²) in [6.45, 7) is 1.72. The lowest BCUT2D eigenvalue weighted by Crippen LogP contribution is -2.15. The number of hydrogen-bond acceptors (Lipinski definition) is 5. The summed E-state index contributed by atoms with van der Waals surface area (Å²) < 4.78 is 11.3. The molecule has 0 aliphatic rings. The average molecular weight is 386 g/mol. The minimum absolute atomic E-state index is 0.00826. The lowest BCUT2D eigenvalue weighted by Gasteiger charge is -2.10. The van der Waals surface area contributed by atoms with Crippen LogP contribution in [-0.4, -0.2) is 12.1 Å². The maximum Gasteiger partial charge on any atom is 0.259 e. The summed E-state index contributed by atoms with van der Waals surface area (Å²) in [7, 11) is 1.55. The van der Waals surface area contributed by atoms with Crippen LogP contribution in [0.2, 0.25) is 0 Å². The van der Waals surface area contributed by atoms with E-state index < -0.39 is 0 Å². The van der Waals surface area contributed by atoms with Gasteiger partial charge in [-0.1, -0.05) is 6.07 Å². The first-order valence-electron chi connectivity index (χ1n) is 6.95. The average Bonchev–Trinajstić information content (AvgIpc) is 2.53. The molecular formula is C17H12BrN3O3. The largest absolute Gasteiger partial charge is 0.496 e. The number of hydrogen-bond donors (Lipinski definition) is 2. The van der Waals surface area contributed by atoms with E-state index in [1.807, 2.05) is 6.07 Å². The Hall–Kier alpha value is -2.85. The molecule has 0 atom stereocenters. The first-order chi connectivity index (χ1) is 11.5. The highest BCUT2D eigenvalue weighted by Gasteiger charge is 2.18. The number of nitrogens with one attached hydrogen (secondary N) is 2. The number of H-pyrrole nitrogens is 1. The van der Waals surface area contributed by atoms with Crippen LogP contribution in [0.25, 0.3) is 22.1 Å². The summed E-state index contributed by atoms with van der Waals surface area (Å²) in [5.74, 6) is 0.623. The number of fused-ring (bicyclic) bond motifs is 1. The summed E-state index contributed by atoms with van der Waals surface area (Å²) >= 11 is 3.40. The highest BCUT2D eigenvalue weighted by molar-refractivity contribution is 9.10. The Kier molecular flexibility index (Phi) is 3.99. The fraction of sp³-hybridized carbons (Fsp3) is 0.118. The Balaban J connectivity index is 2.51. The van der Waals surface area contributed by atoms with Crippen molar-refractivity contribution in [2.24, 2.45) is 0 Å². The van der Waals surface area contributed by atoms with Crippen LogP contribution >= 0.6 is 15.9 Å². The van der Waals surface area contributed by atoms with E-state index in [1.165, 1.54) is 0 Å². The van der Waals surface area contributed by atoms with Crippen LogP contribution in [-0.2, 0) is 0 Å². The van der Waals surface area contributed by atoms with Crippen LogP contribution in [0.1, 0.15) is 11.3 Å². The lowest BCUT2D eigenvalue weighted by atomic mass is 9.98. The molecule has 0 aliphatic carbocycles. The normalized spacial score (nSPS) is 10.6. The van der Waals surface area contributed by atoms with Crippen LogP contribution in [0.3, 0.4) is 0 Å². The van der Waals surface area contributed by atoms with Gasteiger partial charge in [0, 0.05) is 17.3 Å². The molecule has 0 amide bonds. The summed E-state index contributed by atoms with van der Waals surface area (Å²) in [5, 5.41) is 17.7. The van der Waals surface area contributed by atoms with Crippen molar-refractivity contribution in [3.8, 4) is 22.9 Å². The topological polar surface area (TPSA) is 103 Å². The number of aromatic amines is 1. The zero-order chi connectivity index (χ0) is 17.4. The molecule has 7 heteroatoms. The van der Waals surface area contributed by atoms with Gasteiger partial charge in [0.05, 0.1) is 17.0 Å². The second kappa shape index (κ2) is 5.98. The molecule has 2 N–H and O–H groups in total. The van der Waals surface area contributed by atoms with Crippen molar-refractivity contribution in [1.29, 1.82) is 10.7 Å². The number of nitrogens with zero attached hydrogens (tertiary/aromatic N) is 1. The minimum Gasteiger partial charge on any atom is -0.496 e. The fourth-order valence-corrected chi connectivity index (χ4v) is 3.13. The fourth-order valence-electron chi connectivity index (χ4n) is 2.59. The molecule has 2 heterocycles. The molecule has 6 nitrogen and oxygen atoms in total. The second-order valence-electron chi connectivity index (χ2n) is 5.16. The van der Waals surface area contributed by atoms with Crippen molar-refractivity contribution in [2.75, 3.05) is 7.11 Å². The number of rotatable bonds is 2. The van der Waals surface area contributed by atoms with Crippen molar-refractivity contribution >= 4 is 26.9 Å². The Labute approximate surface area is 145 Å². The molecule has 0 radical (unpaired) electrons. The third-order valence-electron chi connectivity index (χ3n) is 3.62. The van der Waals surface area contributed by atoms with Crippen molar-refractivity contribution in [2.45, 2.75) is 6.92 Å². The molecule has 3 rings (SSSR count). The Morgan fingerprint density at radius 3 is 2.75 bits per heavy atom. The molecule has 120 valence electrons. The van der Waals surface area contributed by atoms with Gasteiger partial charge in [0.2, 0.25) is 5.55 Å². The predicted octanol–water partition coefficient (Wildman–Crippen LogP) is 3.22. The van der Waals surface area contributed by atoms with Crippen molar-refractivity contribution < 1.29 is 9.15 Å². The lowest BCUT2D eigenvalue weighted by molar-refractivity contribution is 0.412. The third kappa shape index (κ3) is 2.51. The molecule has 0 fully saturated rings. The molecule has 0 bridgehead atoms. The minimum atomic E-state index is -0.368. The smallest absolute Gasteiger partial charge is 0.259 e. The molecule has 1 aromatic carbocycles. The van der Waals surface area contributed by atoms with Crippen LogP contribution in [0.15, 0.2) is 37.9 Å². The van der Waals surface area contributed by atoms with Gasteiger partial charge in [0.25, 0.3) is 5.56 Å². The van der Waals surface area contributed by atoms with E-state index in [9.17, 15) is 10.1 Å². The summed E-state index contributed by atoms with van der Waals surface area (Å²) in [6, 6.07) is 8.80. The molecule has 0 spiro atoms. The van der Waals surface area contributed by atoms with Crippen LogP contribution in [0.5, 0.6) is 5.75 Å². The molecule has 24 heavy (non-hydrogen) atoms. The summed E-state index contributed by atoms with van der Waals surface area (Å²) in [4.78, 5) is 15.2. The Morgan fingerprint density at radius 1 is 1.38 bits per heavy atom. The SMILES string of the molecule is COc1ccc(-c2c(C#N)c(=N)oc3cc(C)[nH]c(=O)c23)cc1Br. The maximum absolute atomic E-state index is 12.5. The van der Waals surface area contributed by atoms with Crippen LogP contribution in [0, 0.1) is 23.7 Å². The summed E-state index contributed by atoms with van der Waals surface area (Å²) in [5.41, 5.74) is 1.22. The molecule has 0 aliphatic heterocycles.